The van der Waals surface area contributed by atoms with E-state index in [4.69, 9.17) is 39.5 Å². The summed E-state index contributed by atoms with van der Waals surface area (Å²) in [6.45, 7) is 0.738. The molecule has 0 bridgehead atoms. The Labute approximate surface area is 239 Å². The lowest BCUT2D eigenvalue weighted by Gasteiger charge is -2.28. The van der Waals surface area contributed by atoms with Gasteiger partial charge in [-0.3, -0.25) is 18.7 Å². The second-order valence-electron chi connectivity index (χ2n) is 8.91. The van der Waals surface area contributed by atoms with Crippen molar-refractivity contribution in [3.05, 3.63) is 115 Å². The first-order chi connectivity index (χ1) is 18.8. The Morgan fingerprint density at radius 2 is 1.69 bits per heavy atom. The van der Waals surface area contributed by atoms with Crippen LogP contribution in [0.4, 0.5) is 0 Å². The number of fused-ring (bicyclic) bond motifs is 1. The zero-order valence-electron chi connectivity index (χ0n) is 20.8. The second kappa shape index (κ2) is 11.2. The number of aromatic nitrogens is 2. The molecule has 0 fully saturated rings. The third-order valence-electron chi connectivity index (χ3n) is 6.54. The van der Waals surface area contributed by atoms with Gasteiger partial charge in [0.2, 0.25) is 0 Å². The Morgan fingerprint density at radius 1 is 0.923 bits per heavy atom. The van der Waals surface area contributed by atoms with E-state index in [9.17, 15) is 14.4 Å². The molecule has 0 saturated heterocycles. The molecule has 0 saturated carbocycles. The van der Waals surface area contributed by atoms with Crippen LogP contribution < -0.4 is 15.7 Å². The molecule has 0 spiro atoms. The van der Waals surface area contributed by atoms with Crippen LogP contribution >= 0.6 is 34.8 Å². The number of benzene rings is 3. The van der Waals surface area contributed by atoms with E-state index >= 15 is 0 Å². The number of halogens is 3. The second-order valence-corrected chi connectivity index (χ2v) is 10.1. The van der Waals surface area contributed by atoms with Gasteiger partial charge in [0.1, 0.15) is 11.4 Å². The summed E-state index contributed by atoms with van der Waals surface area (Å²) in [5.41, 5.74) is 1.66. The molecule has 11 heteroatoms. The number of hydrogen-bond donors (Lipinski definition) is 1. The van der Waals surface area contributed by atoms with E-state index in [1.807, 2.05) is 30.3 Å². The Hall–Kier alpha value is -3.72. The minimum Gasteiger partial charge on any atom is -0.497 e. The van der Waals surface area contributed by atoms with Crippen molar-refractivity contribution in [3.63, 3.8) is 0 Å². The van der Waals surface area contributed by atoms with Crippen molar-refractivity contribution in [3.8, 4) is 11.4 Å². The fourth-order valence-corrected chi connectivity index (χ4v) is 5.11. The first-order valence-electron chi connectivity index (χ1n) is 12.0. The molecule has 3 aromatic carbocycles. The lowest BCUT2D eigenvalue weighted by Crippen LogP contribution is -2.41. The van der Waals surface area contributed by atoms with E-state index in [0.717, 1.165) is 5.56 Å². The molecule has 5 rings (SSSR count). The van der Waals surface area contributed by atoms with E-state index < -0.39 is 11.6 Å². The fraction of sp³-hybridized carbons (Fsp3) is 0.179. The van der Waals surface area contributed by atoms with Gasteiger partial charge in [-0.15, -0.1) is 0 Å². The number of amides is 2. The smallest absolute Gasteiger partial charge is 0.333 e. The number of carbonyl (C=O) groups is 2. The summed E-state index contributed by atoms with van der Waals surface area (Å²) in [7, 11) is 1.51. The highest BCUT2D eigenvalue weighted by Crippen LogP contribution is 2.29. The Balaban J connectivity index is 1.56. The number of rotatable bonds is 6. The zero-order chi connectivity index (χ0) is 27.7. The van der Waals surface area contributed by atoms with Gasteiger partial charge in [-0.2, -0.15) is 0 Å². The topological polar surface area (TPSA) is 85.6 Å². The normalized spacial score (nSPS) is 12.7. The Kier molecular flexibility index (Phi) is 7.70. The van der Waals surface area contributed by atoms with Gasteiger partial charge in [0.05, 0.1) is 40.1 Å². The van der Waals surface area contributed by atoms with Crippen LogP contribution in [0.1, 0.15) is 32.1 Å². The molecule has 0 aliphatic carbocycles. The predicted octanol–water partition coefficient (Wildman–Crippen LogP) is 5.19. The first-order valence-corrected chi connectivity index (χ1v) is 13.2. The SMILES string of the molecule is COc1ccc(-n2c(C(=O)NCc3ccccc3)c3n(c2=O)CCN(C(=O)c2ccc(Cl)c(Cl)c2)C3)c(Cl)c1. The summed E-state index contributed by atoms with van der Waals surface area (Å²) in [5, 5.41) is 3.74. The number of carbonyl (C=O) groups excluding carboxylic acids is 2. The van der Waals surface area contributed by atoms with Crippen LogP contribution in [0.5, 0.6) is 5.75 Å². The van der Waals surface area contributed by atoms with E-state index in [1.165, 1.54) is 22.3 Å². The molecule has 1 N–H and O–H groups in total. The van der Waals surface area contributed by atoms with E-state index in [0.29, 0.717) is 27.7 Å². The summed E-state index contributed by atoms with van der Waals surface area (Å²) in [6.07, 6.45) is 0. The Bertz CT molecular complexity index is 1630. The molecule has 0 atom stereocenters. The molecular formula is C28H23Cl3N4O4. The number of nitrogens with zero attached hydrogens (tertiary/aromatic N) is 3. The van der Waals surface area contributed by atoms with Gasteiger partial charge in [0.25, 0.3) is 11.8 Å². The van der Waals surface area contributed by atoms with Gasteiger partial charge in [-0.05, 0) is 35.9 Å². The minimum atomic E-state index is -0.472. The standard InChI is InChI=1S/C28H23Cl3N4O4/c1-39-19-8-10-23(22(31)14-19)35-25(26(36)32-15-17-5-3-2-4-6-17)24-16-33(11-12-34(24)28(35)38)27(37)18-7-9-20(29)21(30)13-18/h2-10,13-14H,11-12,15-16H2,1H3,(H,32,36). The van der Waals surface area contributed by atoms with Crippen LogP contribution in [0.25, 0.3) is 5.69 Å². The average molecular weight is 586 g/mol. The number of ether oxygens (including phenoxy) is 1. The third-order valence-corrected chi connectivity index (χ3v) is 7.58. The molecule has 0 radical (unpaired) electrons. The van der Waals surface area contributed by atoms with Crippen LogP contribution in [0, 0.1) is 0 Å². The molecule has 1 aromatic heterocycles. The van der Waals surface area contributed by atoms with Gasteiger partial charge in [-0.1, -0.05) is 65.1 Å². The monoisotopic (exact) mass is 584 g/mol. The summed E-state index contributed by atoms with van der Waals surface area (Å²) in [4.78, 5) is 42.3. The van der Waals surface area contributed by atoms with Crippen LogP contribution in [0.15, 0.2) is 71.5 Å². The van der Waals surface area contributed by atoms with Gasteiger partial charge >= 0.3 is 5.69 Å². The van der Waals surface area contributed by atoms with Crippen molar-refractivity contribution >= 4 is 46.6 Å². The fourth-order valence-electron chi connectivity index (χ4n) is 4.56. The summed E-state index contributed by atoms with van der Waals surface area (Å²) in [6, 6.07) is 18.9. The molecule has 1 aliphatic heterocycles. The van der Waals surface area contributed by atoms with Crippen molar-refractivity contribution in [1.82, 2.24) is 19.4 Å². The third kappa shape index (κ3) is 5.28. The summed E-state index contributed by atoms with van der Waals surface area (Å²) < 4.78 is 8.05. The van der Waals surface area contributed by atoms with Crippen molar-refractivity contribution in [2.24, 2.45) is 0 Å². The lowest BCUT2D eigenvalue weighted by atomic mass is 10.1. The quantitative estimate of drug-likeness (QED) is 0.337. The van der Waals surface area contributed by atoms with Crippen LogP contribution in [-0.2, 0) is 19.6 Å². The van der Waals surface area contributed by atoms with Crippen LogP contribution in [0.3, 0.4) is 0 Å². The van der Waals surface area contributed by atoms with E-state index in [2.05, 4.69) is 5.32 Å². The molecule has 8 nitrogen and oxygen atoms in total. The maximum Gasteiger partial charge on any atom is 0.333 e. The molecule has 39 heavy (non-hydrogen) atoms. The number of hydrogen-bond acceptors (Lipinski definition) is 4. The number of nitrogens with one attached hydrogen (secondary N) is 1. The minimum absolute atomic E-state index is 0.0309. The highest BCUT2D eigenvalue weighted by Gasteiger charge is 2.32. The largest absolute Gasteiger partial charge is 0.497 e. The van der Waals surface area contributed by atoms with Crippen LogP contribution in [-0.4, -0.2) is 39.5 Å². The molecule has 4 aromatic rings. The summed E-state index contributed by atoms with van der Waals surface area (Å²) in [5.74, 6) is -0.257. The van der Waals surface area contributed by atoms with Gasteiger partial charge in [0, 0.05) is 31.3 Å². The lowest BCUT2D eigenvalue weighted by molar-refractivity contribution is 0.0706. The molecule has 200 valence electrons. The molecular weight excluding hydrogens is 563 g/mol. The Morgan fingerprint density at radius 3 is 2.38 bits per heavy atom. The zero-order valence-corrected chi connectivity index (χ0v) is 23.1. The predicted molar refractivity (Wildman–Crippen MR) is 150 cm³/mol. The maximum absolute atomic E-state index is 13.7. The number of imidazole rings is 1. The van der Waals surface area contributed by atoms with E-state index in [-0.39, 0.29) is 47.8 Å². The van der Waals surface area contributed by atoms with Gasteiger partial charge in [-0.25, -0.2) is 4.79 Å². The highest BCUT2D eigenvalue weighted by atomic mass is 35.5. The number of methoxy groups -OCH3 is 1. The van der Waals surface area contributed by atoms with Crippen molar-refractivity contribution in [2.45, 2.75) is 19.6 Å². The van der Waals surface area contributed by atoms with Crippen molar-refractivity contribution < 1.29 is 14.3 Å². The van der Waals surface area contributed by atoms with Gasteiger partial charge in [0.15, 0.2) is 0 Å². The molecule has 2 heterocycles. The van der Waals surface area contributed by atoms with Crippen LogP contribution in [0.2, 0.25) is 15.1 Å². The first kappa shape index (κ1) is 26.9. The summed E-state index contributed by atoms with van der Waals surface area (Å²) >= 11 is 18.7. The maximum atomic E-state index is 13.7. The highest BCUT2D eigenvalue weighted by molar-refractivity contribution is 6.42. The molecule has 0 unspecified atom stereocenters. The molecule has 1 aliphatic rings. The van der Waals surface area contributed by atoms with E-state index in [1.54, 1.807) is 35.2 Å². The van der Waals surface area contributed by atoms with Crippen molar-refractivity contribution in [2.75, 3.05) is 13.7 Å². The molecule has 2 amide bonds. The van der Waals surface area contributed by atoms with Crippen molar-refractivity contribution in [1.29, 1.82) is 0 Å². The van der Waals surface area contributed by atoms with Gasteiger partial charge < -0.3 is 15.0 Å². The average Bonchev–Trinajstić information content (AvgIpc) is 3.24.